The predicted octanol–water partition coefficient (Wildman–Crippen LogP) is 5.82. The molecule has 2 heteroatoms. The number of hydrogen-bond acceptors (Lipinski definition) is 0. The minimum atomic E-state index is 0.125. The van der Waals surface area contributed by atoms with Crippen LogP contribution < -0.4 is 0 Å². The van der Waals surface area contributed by atoms with Crippen molar-refractivity contribution in [1.29, 1.82) is 0 Å². The Kier molecular flexibility index (Phi) is 5.05. The molecular weight excluding hydrogens is 387 g/mol. The zero-order chi connectivity index (χ0) is 14.7. The van der Waals surface area contributed by atoms with Crippen LogP contribution in [-0.2, 0) is 10.9 Å². The maximum absolute atomic E-state index is 2.57. The van der Waals surface area contributed by atoms with Gasteiger partial charge in [0.2, 0.25) is 0 Å². The third kappa shape index (κ3) is 3.37. The number of rotatable bonds is 6. The van der Waals surface area contributed by atoms with Crippen LogP contribution in [0.5, 0.6) is 0 Å². The topological polar surface area (TPSA) is 0 Å². The Labute approximate surface area is 141 Å². The fourth-order valence-electron chi connectivity index (χ4n) is 3.31. The first-order chi connectivity index (χ1) is 10.3. The fraction of sp³-hybridized carbons (Fsp3) is 0.421. The van der Waals surface area contributed by atoms with Gasteiger partial charge in [-0.05, 0) is 48.4 Å². The van der Waals surface area contributed by atoms with Crippen molar-refractivity contribution in [3.63, 3.8) is 0 Å². The highest BCUT2D eigenvalue weighted by Crippen LogP contribution is 2.52. The molecule has 2 aliphatic rings. The molecule has 1 heterocycles. The van der Waals surface area contributed by atoms with Gasteiger partial charge in [0.05, 0.1) is 10.9 Å². The molecule has 0 nitrogen and oxygen atoms in total. The molecule has 0 spiro atoms. The van der Waals surface area contributed by atoms with Crippen molar-refractivity contribution in [2.45, 2.75) is 49.2 Å². The predicted molar refractivity (Wildman–Crippen MR) is 105 cm³/mol. The van der Waals surface area contributed by atoms with E-state index in [1.165, 1.54) is 25.7 Å². The molecule has 1 aromatic rings. The summed E-state index contributed by atoms with van der Waals surface area (Å²) < 4.78 is 5.38. The lowest BCUT2D eigenvalue weighted by Crippen LogP contribution is -2.38. The molecule has 1 aromatic carbocycles. The highest BCUT2D eigenvalue weighted by Gasteiger charge is 2.55. The van der Waals surface area contributed by atoms with E-state index in [1.54, 1.807) is 9.80 Å². The van der Waals surface area contributed by atoms with Gasteiger partial charge >= 0.3 is 0 Å². The second-order valence-corrected chi connectivity index (χ2v) is 10.6. The number of halogens is 1. The molecule has 112 valence electrons. The van der Waals surface area contributed by atoms with E-state index in [2.05, 4.69) is 64.4 Å². The van der Waals surface area contributed by atoms with Gasteiger partial charge in [0, 0.05) is 10.0 Å². The Hall–Kier alpha value is -0.350. The highest BCUT2D eigenvalue weighted by atomic mass is 127. The van der Waals surface area contributed by atoms with Crippen LogP contribution in [0.15, 0.2) is 56.4 Å². The van der Waals surface area contributed by atoms with E-state index in [0.717, 1.165) is 5.92 Å². The third-order valence-electron chi connectivity index (χ3n) is 4.44. The van der Waals surface area contributed by atoms with Crippen LogP contribution in [-0.4, -0.2) is 8.76 Å². The fourth-order valence-corrected chi connectivity index (χ4v) is 8.70. The normalized spacial score (nSPS) is 22.1. The second kappa shape index (κ2) is 6.82. The lowest BCUT2D eigenvalue weighted by atomic mass is 9.99. The first kappa shape index (κ1) is 15.5. The summed E-state index contributed by atoms with van der Waals surface area (Å²) in [4.78, 5) is 3.15. The first-order valence-electron chi connectivity index (χ1n) is 7.87. The Balaban J connectivity index is 2.05. The smallest absolute Gasteiger partial charge is 0.0884 e. The van der Waals surface area contributed by atoms with Crippen molar-refractivity contribution >= 4 is 35.6 Å². The van der Waals surface area contributed by atoms with Gasteiger partial charge in [0.1, 0.15) is 4.75 Å². The molecular formula is C19H24IS+. The highest BCUT2D eigenvalue weighted by molar-refractivity contribution is 14.2. The Morgan fingerprint density at radius 1 is 1.24 bits per heavy atom. The van der Waals surface area contributed by atoms with Crippen molar-refractivity contribution in [1.82, 2.24) is 0 Å². The summed E-state index contributed by atoms with van der Waals surface area (Å²) in [7, 11) is 0.237. The van der Waals surface area contributed by atoms with E-state index in [4.69, 9.17) is 0 Å². The van der Waals surface area contributed by atoms with Crippen molar-refractivity contribution in [3.05, 3.63) is 51.5 Å². The van der Waals surface area contributed by atoms with Crippen molar-refractivity contribution < 1.29 is 0 Å². The van der Waals surface area contributed by atoms with E-state index in [-0.39, 0.29) is 31.6 Å². The molecule has 21 heavy (non-hydrogen) atoms. The number of hydrogen-bond donors (Lipinski definition) is 0. The molecule has 3 rings (SSSR count). The van der Waals surface area contributed by atoms with Crippen LogP contribution >= 0.6 is 20.7 Å². The van der Waals surface area contributed by atoms with Gasteiger partial charge in [-0.3, -0.25) is 0 Å². The van der Waals surface area contributed by atoms with Crippen LogP contribution in [0.2, 0.25) is 0 Å². The lowest BCUT2D eigenvalue weighted by molar-refractivity contribution is 0.509. The molecule has 0 bridgehead atoms. The van der Waals surface area contributed by atoms with Gasteiger partial charge in [-0.25, -0.2) is 0 Å². The van der Waals surface area contributed by atoms with Crippen molar-refractivity contribution in [2.24, 2.45) is 5.92 Å². The molecule has 1 fully saturated rings. The van der Waals surface area contributed by atoms with Crippen LogP contribution in [0, 0.1) is 5.92 Å². The summed E-state index contributed by atoms with van der Waals surface area (Å²) in [6, 6.07) is 11.3. The lowest BCUT2D eigenvalue weighted by Gasteiger charge is -2.30. The van der Waals surface area contributed by atoms with Crippen molar-refractivity contribution in [2.75, 3.05) is 0 Å². The van der Waals surface area contributed by atoms with Crippen LogP contribution in [0.4, 0.5) is 0 Å². The quantitative estimate of drug-likeness (QED) is 0.409. The summed E-state index contributed by atoms with van der Waals surface area (Å²) in [6.45, 7) is 4.91. The molecule has 0 amide bonds. The molecule has 1 aliphatic heterocycles. The summed E-state index contributed by atoms with van der Waals surface area (Å²) in [5.41, 5.74) is 0. The molecule has 1 aliphatic carbocycles. The Morgan fingerprint density at radius 3 is 2.57 bits per heavy atom. The Bertz CT molecular complexity index is 568. The largest absolute Gasteiger partial charge is 0.166 e. The number of allylic oxidation sites excluding steroid dienone is 2. The van der Waals surface area contributed by atoms with Gasteiger partial charge in [-0.15, -0.1) is 0 Å². The SMILES string of the molecule is CCCC(C)(C1CC1)[S+](C1=CI=CC=C1)c1ccccc1. The minimum absolute atomic E-state index is 0.125. The van der Waals surface area contributed by atoms with E-state index in [1.807, 2.05) is 0 Å². The summed E-state index contributed by atoms with van der Waals surface area (Å²) in [5.74, 6) is 0.930. The van der Waals surface area contributed by atoms with Gasteiger partial charge in [0.25, 0.3) is 0 Å². The van der Waals surface area contributed by atoms with Gasteiger partial charge in [-0.1, -0.05) is 58.4 Å². The average molecular weight is 411 g/mol. The zero-order valence-electron chi connectivity index (χ0n) is 12.9. The van der Waals surface area contributed by atoms with Crippen molar-refractivity contribution in [3.8, 4) is 0 Å². The molecule has 0 N–H and O–H groups in total. The molecule has 2 unspecified atom stereocenters. The minimum Gasteiger partial charge on any atom is -0.0884 e. The van der Waals surface area contributed by atoms with Gasteiger partial charge in [-0.2, -0.15) is 0 Å². The molecule has 0 radical (unpaired) electrons. The standard InChI is InChI=1S/C19H24IS/c1-3-13-19(2,16-11-12-16)21(17-8-5-4-6-9-17)18-10-7-14-20-15-18/h4-10,14-16H,3,11-13H2,1-2H3/q+1. The molecule has 0 aromatic heterocycles. The monoisotopic (exact) mass is 411 g/mol. The van der Waals surface area contributed by atoms with Crippen LogP contribution in [0.3, 0.4) is 0 Å². The second-order valence-electron chi connectivity index (χ2n) is 6.08. The molecule has 1 saturated carbocycles. The Morgan fingerprint density at radius 2 is 2.00 bits per heavy atom. The summed E-state index contributed by atoms with van der Waals surface area (Å²) in [6.07, 6.45) is 10.2. The maximum Gasteiger partial charge on any atom is 0.166 e. The van der Waals surface area contributed by atoms with Gasteiger partial charge in [0.15, 0.2) is 9.80 Å². The van der Waals surface area contributed by atoms with Crippen LogP contribution in [0.25, 0.3) is 0 Å². The van der Waals surface area contributed by atoms with E-state index < -0.39 is 0 Å². The zero-order valence-corrected chi connectivity index (χ0v) is 15.9. The average Bonchev–Trinajstić information content (AvgIpc) is 3.35. The molecule has 0 saturated heterocycles. The maximum atomic E-state index is 2.57. The van der Waals surface area contributed by atoms with Gasteiger partial charge < -0.3 is 0 Å². The van der Waals surface area contributed by atoms with Crippen LogP contribution in [0.1, 0.15) is 39.5 Å². The first-order valence-corrected chi connectivity index (χ1v) is 11.6. The number of benzene rings is 1. The van der Waals surface area contributed by atoms with E-state index in [9.17, 15) is 0 Å². The summed E-state index contributed by atoms with van der Waals surface area (Å²) in [5, 5.41) is 0. The summed E-state index contributed by atoms with van der Waals surface area (Å²) >= 11 is 0.125. The van der Waals surface area contributed by atoms with E-state index in [0.29, 0.717) is 4.75 Å². The van der Waals surface area contributed by atoms with E-state index >= 15 is 0 Å². The molecule has 2 atom stereocenters. The third-order valence-corrected chi connectivity index (χ3v) is 9.67.